The third kappa shape index (κ3) is 8.04. The Kier molecular flexibility index (Phi) is 12.1. The maximum atomic E-state index is 6.78. The second kappa shape index (κ2) is 16.4. The Bertz CT molecular complexity index is 2280. The van der Waals surface area contributed by atoms with Crippen molar-refractivity contribution < 1.29 is 25.8 Å². The number of hydrogen-bond acceptors (Lipinski definition) is 3. The summed E-state index contributed by atoms with van der Waals surface area (Å²) in [6.07, 6.45) is 12.2. The Morgan fingerprint density at radius 3 is 2.48 bits per heavy atom. The topological polar surface area (TPSA) is 44.9 Å². The Morgan fingerprint density at radius 2 is 1.74 bits per heavy atom. The monoisotopic (exact) mass is 899 g/mol. The van der Waals surface area contributed by atoms with Gasteiger partial charge in [0.2, 0.25) is 0 Å². The molecule has 0 N–H and O–H groups in total. The third-order valence-electron chi connectivity index (χ3n) is 11.2. The van der Waals surface area contributed by atoms with E-state index in [2.05, 4.69) is 144 Å². The number of ether oxygens (including phenoxy) is 1. The minimum absolute atomic E-state index is 0. The molecule has 0 radical (unpaired) electrons. The standard InChI is InChI=1S/C48H56N4O.Pt/c1-10-11-17-35-24-25-49-45(26-35)51-42-19-13-12-18-40(42)41-22-21-38(30-44(41)51)53-39-28-36(48(7,8)9)27-37(29-39)52-43(23-20-31(2)3)47(34(6)50-52)46-32(4)15-14-16-33(46)5;/h12-13,15,18-19,21-22,24-28,31,33,46H,10-11,14,16-17,20,23H2,1-9H3;/q-2;+2/t33-,46?;/m0./s1. The predicted octanol–water partition coefficient (Wildman–Crippen LogP) is 12.8. The van der Waals surface area contributed by atoms with Gasteiger partial charge in [-0.05, 0) is 104 Å². The molecule has 1 unspecified atom stereocenters. The van der Waals surface area contributed by atoms with Crippen LogP contribution >= 0.6 is 0 Å². The van der Waals surface area contributed by atoms with E-state index in [1.54, 1.807) is 0 Å². The molecular formula is C48H56N4OPt. The van der Waals surface area contributed by atoms with Crippen molar-refractivity contribution in [1.29, 1.82) is 0 Å². The van der Waals surface area contributed by atoms with Crippen LogP contribution in [0.5, 0.6) is 11.5 Å². The van der Waals surface area contributed by atoms with E-state index in [0.717, 1.165) is 72.1 Å². The third-order valence-corrected chi connectivity index (χ3v) is 11.2. The van der Waals surface area contributed by atoms with Crippen molar-refractivity contribution in [3.8, 4) is 23.0 Å². The number of nitrogens with zero attached hydrogens (tertiary/aromatic N) is 4. The fourth-order valence-corrected chi connectivity index (χ4v) is 8.23. The Hall–Kier alpha value is -3.95. The summed E-state index contributed by atoms with van der Waals surface area (Å²) in [6, 6.07) is 28.8. The first-order chi connectivity index (χ1) is 25.4. The van der Waals surface area contributed by atoms with Gasteiger partial charge in [0, 0.05) is 40.4 Å². The largest absolute Gasteiger partial charge is 2.00 e. The zero-order valence-electron chi connectivity index (χ0n) is 33.6. The fourth-order valence-electron chi connectivity index (χ4n) is 8.23. The molecule has 0 fully saturated rings. The molecule has 6 aromatic rings. The first kappa shape index (κ1) is 39.7. The van der Waals surface area contributed by atoms with Crippen LogP contribution in [0.3, 0.4) is 0 Å². The van der Waals surface area contributed by atoms with Crippen LogP contribution in [0.2, 0.25) is 0 Å². The van der Waals surface area contributed by atoms with Crippen molar-refractivity contribution in [2.45, 2.75) is 119 Å². The minimum atomic E-state index is -0.114. The smallest absolute Gasteiger partial charge is 0.509 e. The van der Waals surface area contributed by atoms with E-state index in [9.17, 15) is 0 Å². The molecule has 1 aliphatic carbocycles. The summed E-state index contributed by atoms with van der Waals surface area (Å²) in [5.41, 5.74) is 10.6. The second-order valence-electron chi connectivity index (χ2n) is 16.8. The van der Waals surface area contributed by atoms with Crippen LogP contribution in [0.1, 0.15) is 121 Å². The van der Waals surface area contributed by atoms with Crippen molar-refractivity contribution in [3.63, 3.8) is 0 Å². The Labute approximate surface area is 337 Å². The molecule has 6 heteroatoms. The van der Waals surface area contributed by atoms with Crippen LogP contribution in [-0.2, 0) is 39.3 Å². The number of unbranched alkanes of at least 4 members (excludes halogenated alkanes) is 1. The number of allylic oxidation sites excluding steroid dienone is 2. The van der Waals surface area contributed by atoms with Gasteiger partial charge in [-0.15, -0.1) is 41.3 Å². The molecule has 0 saturated heterocycles. The van der Waals surface area contributed by atoms with Crippen LogP contribution in [-0.4, -0.2) is 19.3 Å². The van der Waals surface area contributed by atoms with Crippen molar-refractivity contribution in [2.24, 2.45) is 11.8 Å². The molecule has 0 amide bonds. The molecule has 7 rings (SSSR count). The van der Waals surface area contributed by atoms with E-state index in [1.807, 2.05) is 12.3 Å². The molecule has 54 heavy (non-hydrogen) atoms. The molecule has 0 spiro atoms. The van der Waals surface area contributed by atoms with Crippen LogP contribution in [0.4, 0.5) is 0 Å². The summed E-state index contributed by atoms with van der Waals surface area (Å²) >= 11 is 0. The number of aromatic nitrogens is 4. The van der Waals surface area contributed by atoms with Gasteiger partial charge in [0.1, 0.15) is 5.82 Å². The van der Waals surface area contributed by atoms with E-state index < -0.39 is 0 Å². The van der Waals surface area contributed by atoms with E-state index in [4.69, 9.17) is 14.8 Å². The molecule has 3 aromatic heterocycles. The van der Waals surface area contributed by atoms with Gasteiger partial charge in [-0.25, -0.2) is 4.98 Å². The average molecular weight is 900 g/mol. The zero-order chi connectivity index (χ0) is 37.4. The Balaban J connectivity index is 0.00000497. The van der Waals surface area contributed by atoms with Crippen molar-refractivity contribution >= 4 is 21.8 Å². The molecule has 0 aliphatic heterocycles. The van der Waals surface area contributed by atoms with Gasteiger partial charge in [0.05, 0.1) is 5.69 Å². The number of benzene rings is 3. The SMILES string of the molecule is CCCCc1ccnc(-n2c3[c-]c(Oc4[c-]c(-n5nc(C)c(C6C(C)=CCC[C@@H]6C)c5CCC(C)C)cc(C(C)(C)C)c4)ccc3c3ccccc32)c1.[Pt+2]. The van der Waals surface area contributed by atoms with Crippen LogP contribution in [0, 0.1) is 30.9 Å². The van der Waals surface area contributed by atoms with Gasteiger partial charge in [-0.2, -0.15) is 11.2 Å². The molecule has 3 aromatic carbocycles. The first-order valence-corrected chi connectivity index (χ1v) is 19.8. The molecule has 0 saturated carbocycles. The molecule has 2 atom stereocenters. The summed E-state index contributed by atoms with van der Waals surface area (Å²) in [7, 11) is 0. The number of pyridine rings is 1. The summed E-state index contributed by atoms with van der Waals surface area (Å²) in [5.74, 6) is 3.76. The molecule has 1 aliphatic rings. The van der Waals surface area contributed by atoms with Gasteiger partial charge < -0.3 is 9.30 Å². The molecule has 5 nitrogen and oxygen atoms in total. The number of rotatable bonds is 11. The molecular weight excluding hydrogens is 844 g/mol. The average Bonchev–Trinajstić information content (AvgIpc) is 3.63. The summed E-state index contributed by atoms with van der Waals surface area (Å²) in [6.45, 7) is 20.5. The van der Waals surface area contributed by atoms with Gasteiger partial charge in [0.25, 0.3) is 0 Å². The van der Waals surface area contributed by atoms with E-state index in [-0.39, 0.29) is 26.5 Å². The van der Waals surface area contributed by atoms with Crippen molar-refractivity contribution in [3.05, 3.63) is 119 Å². The van der Waals surface area contributed by atoms with E-state index >= 15 is 0 Å². The number of aryl methyl sites for hydroxylation is 2. The first-order valence-electron chi connectivity index (χ1n) is 19.8. The number of para-hydroxylation sites is 1. The quantitative estimate of drug-likeness (QED) is 0.0961. The number of hydrogen-bond donors (Lipinski definition) is 0. The van der Waals surface area contributed by atoms with Gasteiger partial charge in [-0.3, -0.25) is 4.68 Å². The predicted molar refractivity (Wildman–Crippen MR) is 220 cm³/mol. The summed E-state index contributed by atoms with van der Waals surface area (Å²) < 4.78 is 11.2. The van der Waals surface area contributed by atoms with Crippen molar-refractivity contribution in [2.75, 3.05) is 0 Å². The van der Waals surface area contributed by atoms with Crippen LogP contribution < -0.4 is 4.74 Å². The fraction of sp³-hybridized carbons (Fsp3) is 0.417. The minimum Gasteiger partial charge on any atom is -0.509 e. The number of fused-ring (bicyclic) bond motifs is 3. The van der Waals surface area contributed by atoms with Gasteiger partial charge >= 0.3 is 21.1 Å². The van der Waals surface area contributed by atoms with Crippen molar-refractivity contribution in [1.82, 2.24) is 19.3 Å². The van der Waals surface area contributed by atoms with E-state index in [0.29, 0.717) is 29.3 Å². The Morgan fingerprint density at radius 1 is 0.944 bits per heavy atom. The molecule has 284 valence electrons. The van der Waals surface area contributed by atoms with Crippen LogP contribution in [0.15, 0.2) is 78.5 Å². The molecule has 0 bridgehead atoms. The normalized spacial score (nSPS) is 16.2. The maximum absolute atomic E-state index is 6.78. The molecule has 3 heterocycles. The summed E-state index contributed by atoms with van der Waals surface area (Å²) in [4.78, 5) is 4.86. The van der Waals surface area contributed by atoms with E-state index in [1.165, 1.54) is 39.8 Å². The second-order valence-corrected chi connectivity index (χ2v) is 16.8. The zero-order valence-corrected chi connectivity index (χ0v) is 35.9. The summed E-state index contributed by atoms with van der Waals surface area (Å²) in [5, 5.41) is 7.59. The van der Waals surface area contributed by atoms with Crippen LogP contribution in [0.25, 0.3) is 33.3 Å². The van der Waals surface area contributed by atoms with Gasteiger partial charge in [-0.1, -0.05) is 90.3 Å². The van der Waals surface area contributed by atoms with Gasteiger partial charge in [0.15, 0.2) is 0 Å². The maximum Gasteiger partial charge on any atom is 2.00 e.